The fourth-order valence-corrected chi connectivity index (χ4v) is 5.81. The SMILES string of the molecule is C[C@H](Sc1ncnc2sc3c(c12)CCC3)c1nc2ccccc2c(=O)[nH]1. The number of aromatic nitrogens is 4. The number of nitrogens with zero attached hydrogens (tertiary/aromatic N) is 3. The van der Waals surface area contributed by atoms with Crippen LogP contribution in [0.15, 0.2) is 40.4 Å². The molecule has 1 aliphatic rings. The first kappa shape index (κ1) is 16.0. The van der Waals surface area contributed by atoms with E-state index in [1.807, 2.05) is 18.2 Å². The van der Waals surface area contributed by atoms with Crippen LogP contribution in [0.3, 0.4) is 0 Å². The van der Waals surface area contributed by atoms with E-state index < -0.39 is 0 Å². The summed E-state index contributed by atoms with van der Waals surface area (Å²) in [4.78, 5) is 31.5. The molecule has 7 heteroatoms. The highest BCUT2D eigenvalue weighted by Crippen LogP contribution is 2.43. The van der Waals surface area contributed by atoms with Gasteiger partial charge in [0.2, 0.25) is 0 Å². The van der Waals surface area contributed by atoms with Crippen LogP contribution in [0.5, 0.6) is 0 Å². The van der Waals surface area contributed by atoms with Crippen molar-refractivity contribution in [3.8, 4) is 0 Å². The molecule has 1 atom stereocenters. The maximum absolute atomic E-state index is 12.4. The molecule has 3 heterocycles. The van der Waals surface area contributed by atoms with Crippen LogP contribution in [0.1, 0.15) is 34.9 Å². The Morgan fingerprint density at radius 1 is 1.23 bits per heavy atom. The number of H-pyrrole nitrogens is 1. The first-order chi connectivity index (χ1) is 12.7. The summed E-state index contributed by atoms with van der Waals surface area (Å²) in [5, 5.41) is 2.79. The van der Waals surface area contributed by atoms with Gasteiger partial charge >= 0.3 is 0 Å². The molecule has 0 aliphatic heterocycles. The summed E-state index contributed by atoms with van der Waals surface area (Å²) in [5.41, 5.74) is 2.05. The molecule has 0 amide bonds. The molecule has 0 saturated heterocycles. The summed E-state index contributed by atoms with van der Waals surface area (Å²) >= 11 is 3.43. The highest BCUT2D eigenvalue weighted by molar-refractivity contribution is 7.99. The summed E-state index contributed by atoms with van der Waals surface area (Å²) in [6.45, 7) is 2.05. The van der Waals surface area contributed by atoms with Gasteiger partial charge in [-0.05, 0) is 43.9 Å². The van der Waals surface area contributed by atoms with E-state index in [-0.39, 0.29) is 10.8 Å². The van der Waals surface area contributed by atoms with Crippen LogP contribution in [0, 0.1) is 0 Å². The number of aryl methyl sites for hydroxylation is 2. The van der Waals surface area contributed by atoms with E-state index in [1.54, 1.807) is 35.5 Å². The van der Waals surface area contributed by atoms with Crippen LogP contribution in [-0.2, 0) is 12.8 Å². The van der Waals surface area contributed by atoms with Crippen LogP contribution >= 0.6 is 23.1 Å². The second-order valence-electron chi connectivity index (χ2n) is 6.44. The third-order valence-corrected chi connectivity index (χ3v) is 7.08. The number of fused-ring (bicyclic) bond motifs is 4. The quantitative estimate of drug-likeness (QED) is 0.424. The lowest BCUT2D eigenvalue weighted by molar-refractivity contribution is 0.912. The highest BCUT2D eigenvalue weighted by Gasteiger charge is 2.23. The second-order valence-corrected chi connectivity index (χ2v) is 8.86. The van der Waals surface area contributed by atoms with Crippen molar-refractivity contribution >= 4 is 44.2 Å². The molecule has 1 aliphatic carbocycles. The first-order valence-electron chi connectivity index (χ1n) is 8.61. The van der Waals surface area contributed by atoms with Gasteiger partial charge < -0.3 is 4.98 Å². The minimum atomic E-state index is -0.0951. The number of rotatable bonds is 3. The number of hydrogen-bond donors (Lipinski definition) is 1. The number of benzene rings is 1. The molecular weight excluding hydrogens is 364 g/mol. The minimum Gasteiger partial charge on any atom is -0.309 e. The van der Waals surface area contributed by atoms with Gasteiger partial charge in [-0.3, -0.25) is 4.79 Å². The zero-order valence-electron chi connectivity index (χ0n) is 14.2. The van der Waals surface area contributed by atoms with Gasteiger partial charge in [0.1, 0.15) is 22.0 Å². The maximum Gasteiger partial charge on any atom is 0.258 e. The molecule has 0 unspecified atom stereocenters. The van der Waals surface area contributed by atoms with Crippen LogP contribution in [0.2, 0.25) is 0 Å². The number of hydrogen-bond acceptors (Lipinski definition) is 6. The molecule has 0 bridgehead atoms. The molecule has 0 fully saturated rings. The van der Waals surface area contributed by atoms with Crippen molar-refractivity contribution in [1.29, 1.82) is 0 Å². The Balaban J connectivity index is 1.56. The lowest BCUT2D eigenvalue weighted by Crippen LogP contribution is -2.12. The van der Waals surface area contributed by atoms with E-state index in [2.05, 4.69) is 26.9 Å². The van der Waals surface area contributed by atoms with E-state index in [1.165, 1.54) is 22.2 Å². The molecule has 5 rings (SSSR count). The molecule has 0 saturated carbocycles. The van der Waals surface area contributed by atoms with Gasteiger partial charge in [0, 0.05) is 10.3 Å². The highest BCUT2D eigenvalue weighted by atomic mass is 32.2. The average Bonchev–Trinajstić information content (AvgIpc) is 3.23. The zero-order chi connectivity index (χ0) is 17.7. The van der Waals surface area contributed by atoms with Gasteiger partial charge in [0.15, 0.2) is 0 Å². The Morgan fingerprint density at radius 2 is 2.12 bits per heavy atom. The Hall–Kier alpha value is -2.25. The summed E-state index contributed by atoms with van der Waals surface area (Å²) in [6, 6.07) is 7.43. The molecule has 1 aromatic carbocycles. The smallest absolute Gasteiger partial charge is 0.258 e. The Kier molecular flexibility index (Phi) is 3.79. The van der Waals surface area contributed by atoms with Gasteiger partial charge in [-0.15, -0.1) is 11.3 Å². The minimum absolute atomic E-state index is 0.0117. The number of thiophene rings is 1. The molecule has 1 N–H and O–H groups in total. The molecule has 26 heavy (non-hydrogen) atoms. The van der Waals surface area contributed by atoms with E-state index in [9.17, 15) is 4.79 Å². The van der Waals surface area contributed by atoms with E-state index in [0.29, 0.717) is 11.2 Å². The van der Waals surface area contributed by atoms with Crippen LogP contribution in [0.4, 0.5) is 0 Å². The number of aromatic amines is 1. The van der Waals surface area contributed by atoms with Crippen molar-refractivity contribution in [2.75, 3.05) is 0 Å². The van der Waals surface area contributed by atoms with Crippen molar-refractivity contribution in [3.63, 3.8) is 0 Å². The fourth-order valence-electron chi connectivity index (χ4n) is 3.51. The third-order valence-electron chi connectivity index (χ3n) is 4.77. The first-order valence-corrected chi connectivity index (χ1v) is 10.3. The molecular formula is C19H16N4OS2. The third kappa shape index (κ3) is 2.54. The van der Waals surface area contributed by atoms with Gasteiger partial charge in [-0.1, -0.05) is 23.9 Å². The normalized spacial score (nSPS) is 14.8. The molecule has 0 spiro atoms. The van der Waals surface area contributed by atoms with Crippen molar-refractivity contribution < 1.29 is 0 Å². The van der Waals surface area contributed by atoms with Gasteiger partial charge in [0.25, 0.3) is 5.56 Å². The summed E-state index contributed by atoms with van der Waals surface area (Å²) in [7, 11) is 0. The molecule has 5 nitrogen and oxygen atoms in total. The van der Waals surface area contributed by atoms with Crippen LogP contribution in [0.25, 0.3) is 21.1 Å². The van der Waals surface area contributed by atoms with Crippen molar-refractivity contribution in [1.82, 2.24) is 19.9 Å². The van der Waals surface area contributed by atoms with E-state index >= 15 is 0 Å². The van der Waals surface area contributed by atoms with Crippen LogP contribution in [-0.4, -0.2) is 19.9 Å². The Bertz CT molecular complexity index is 1200. The van der Waals surface area contributed by atoms with Crippen molar-refractivity contribution in [2.24, 2.45) is 0 Å². The topological polar surface area (TPSA) is 71.5 Å². The lowest BCUT2D eigenvalue weighted by atomic mass is 10.2. The number of nitrogens with one attached hydrogen (secondary N) is 1. The lowest BCUT2D eigenvalue weighted by Gasteiger charge is -2.11. The van der Waals surface area contributed by atoms with Crippen molar-refractivity contribution in [3.05, 3.63) is 57.2 Å². The Labute approximate surface area is 157 Å². The summed E-state index contributed by atoms with van der Waals surface area (Å²) < 4.78 is 0. The number of thioether (sulfide) groups is 1. The van der Waals surface area contributed by atoms with Gasteiger partial charge in [-0.25, -0.2) is 15.0 Å². The van der Waals surface area contributed by atoms with Crippen LogP contribution < -0.4 is 5.56 Å². The number of para-hydroxylation sites is 1. The Morgan fingerprint density at radius 3 is 3.04 bits per heavy atom. The largest absolute Gasteiger partial charge is 0.309 e. The van der Waals surface area contributed by atoms with E-state index in [0.717, 1.165) is 28.2 Å². The molecule has 130 valence electrons. The van der Waals surface area contributed by atoms with Gasteiger partial charge in [0.05, 0.1) is 16.2 Å². The zero-order valence-corrected chi connectivity index (χ0v) is 15.8. The average molecular weight is 380 g/mol. The standard InChI is InChI=1S/C19H16N4OS2/c1-10(16-22-13-7-3-2-5-11(13)17(24)23-16)25-18-15-12-6-4-8-14(12)26-19(15)21-9-20-18/h2-3,5,7,9-10H,4,6,8H2,1H3,(H,22,23,24)/t10-/m0/s1. The summed E-state index contributed by atoms with van der Waals surface area (Å²) in [5.74, 6) is 0.678. The van der Waals surface area contributed by atoms with E-state index in [4.69, 9.17) is 0 Å². The second kappa shape index (κ2) is 6.17. The summed E-state index contributed by atoms with van der Waals surface area (Å²) in [6.07, 6.45) is 5.11. The fraction of sp³-hybridized carbons (Fsp3) is 0.263. The van der Waals surface area contributed by atoms with Crippen molar-refractivity contribution in [2.45, 2.75) is 36.5 Å². The molecule has 3 aromatic heterocycles. The molecule has 4 aromatic rings. The predicted molar refractivity (Wildman–Crippen MR) is 106 cm³/mol. The monoisotopic (exact) mass is 380 g/mol. The predicted octanol–water partition coefficient (Wildman–Crippen LogP) is 4.27. The maximum atomic E-state index is 12.4. The molecule has 0 radical (unpaired) electrons. The van der Waals surface area contributed by atoms with Gasteiger partial charge in [-0.2, -0.15) is 0 Å².